The third-order valence-corrected chi connectivity index (χ3v) is 6.06. The Morgan fingerprint density at radius 3 is 2.70 bits per heavy atom. The summed E-state index contributed by atoms with van der Waals surface area (Å²) < 4.78 is 11.6. The molecule has 2 aromatic carbocycles. The van der Waals surface area contributed by atoms with Gasteiger partial charge in [-0.1, -0.05) is 29.8 Å². The minimum absolute atomic E-state index is 0.0989. The maximum absolute atomic E-state index is 13.1. The predicted molar refractivity (Wildman–Crippen MR) is 122 cm³/mol. The van der Waals surface area contributed by atoms with Gasteiger partial charge in [-0.05, 0) is 45.4 Å². The average Bonchev–Trinajstić information content (AvgIpc) is 3.23. The van der Waals surface area contributed by atoms with Crippen molar-refractivity contribution in [3.63, 3.8) is 0 Å². The fourth-order valence-electron chi connectivity index (χ4n) is 4.23. The van der Waals surface area contributed by atoms with Gasteiger partial charge in [0.15, 0.2) is 0 Å². The number of carbonyl (C=O) groups excluding carboxylic acids is 3. The Morgan fingerprint density at radius 1 is 1.27 bits per heavy atom. The number of nitrogens with one attached hydrogen (secondary N) is 2. The highest BCUT2D eigenvalue weighted by Crippen LogP contribution is 2.35. The van der Waals surface area contributed by atoms with Gasteiger partial charge in [-0.25, -0.2) is 4.79 Å². The third kappa shape index (κ3) is 4.37. The Hall–Kier alpha value is -3.55. The van der Waals surface area contributed by atoms with E-state index in [0.717, 1.165) is 33.8 Å². The summed E-state index contributed by atoms with van der Waals surface area (Å²) in [5, 5.41) is 5.52. The lowest BCUT2D eigenvalue weighted by atomic mass is 9.91. The number of carbonyl (C=O) groups is 3. The first-order valence-corrected chi connectivity index (χ1v) is 11.1. The number of urea groups is 1. The van der Waals surface area contributed by atoms with E-state index in [0.29, 0.717) is 17.9 Å². The van der Waals surface area contributed by atoms with Gasteiger partial charge in [0.1, 0.15) is 29.7 Å². The van der Waals surface area contributed by atoms with E-state index >= 15 is 0 Å². The summed E-state index contributed by atoms with van der Waals surface area (Å²) >= 11 is 0. The molecule has 2 aromatic rings. The molecule has 1 saturated heterocycles. The van der Waals surface area contributed by atoms with Gasteiger partial charge >= 0.3 is 6.03 Å². The van der Waals surface area contributed by atoms with Gasteiger partial charge < -0.3 is 20.1 Å². The van der Waals surface area contributed by atoms with Crippen molar-refractivity contribution in [3.05, 3.63) is 58.7 Å². The van der Waals surface area contributed by atoms with Crippen LogP contribution in [0.2, 0.25) is 0 Å². The van der Waals surface area contributed by atoms with Crippen LogP contribution in [0.1, 0.15) is 43.0 Å². The maximum Gasteiger partial charge on any atom is 0.325 e. The van der Waals surface area contributed by atoms with Gasteiger partial charge in [0.05, 0.1) is 6.61 Å². The molecule has 1 fully saturated rings. The Balaban J connectivity index is 1.43. The largest absolute Gasteiger partial charge is 0.494 e. The fraction of sp³-hybridized carbons (Fsp3) is 0.400. The van der Waals surface area contributed by atoms with Crippen molar-refractivity contribution in [1.82, 2.24) is 15.5 Å². The number of fused-ring (bicyclic) bond motifs is 1. The number of ether oxygens (including phenoxy) is 2. The minimum atomic E-state index is -1.21. The first kappa shape index (κ1) is 22.6. The van der Waals surface area contributed by atoms with Crippen LogP contribution in [-0.4, -0.2) is 42.0 Å². The quantitative estimate of drug-likeness (QED) is 0.631. The Kier molecular flexibility index (Phi) is 6.01. The van der Waals surface area contributed by atoms with Crippen LogP contribution in [0.4, 0.5) is 4.79 Å². The minimum Gasteiger partial charge on any atom is -0.494 e. The van der Waals surface area contributed by atoms with Crippen molar-refractivity contribution in [3.8, 4) is 11.5 Å². The number of hydrogen-bond donors (Lipinski definition) is 2. The SMILES string of the molecule is CCOc1cc2c(cc1CNC(=O)CN1C(=O)N[C@@](C)(c3ccc(C)cc3)C1=O)O[C@@H](C)C2. The van der Waals surface area contributed by atoms with Crippen molar-refractivity contribution in [2.75, 3.05) is 13.2 Å². The Labute approximate surface area is 193 Å². The molecule has 2 atom stereocenters. The van der Waals surface area contributed by atoms with Crippen LogP contribution < -0.4 is 20.1 Å². The topological polar surface area (TPSA) is 97.0 Å². The molecule has 0 aromatic heterocycles. The molecule has 8 heteroatoms. The molecule has 174 valence electrons. The van der Waals surface area contributed by atoms with Gasteiger partial charge in [0.25, 0.3) is 5.91 Å². The van der Waals surface area contributed by atoms with Crippen LogP contribution in [-0.2, 0) is 28.1 Å². The molecule has 0 radical (unpaired) electrons. The summed E-state index contributed by atoms with van der Waals surface area (Å²) in [6.07, 6.45) is 0.912. The fourth-order valence-corrected chi connectivity index (χ4v) is 4.23. The van der Waals surface area contributed by atoms with Gasteiger partial charge in [-0.3, -0.25) is 14.5 Å². The van der Waals surface area contributed by atoms with Crippen LogP contribution in [0.3, 0.4) is 0 Å². The molecular formula is C25H29N3O5. The second kappa shape index (κ2) is 8.77. The number of benzene rings is 2. The van der Waals surface area contributed by atoms with Crippen molar-refractivity contribution in [2.45, 2.75) is 52.3 Å². The molecule has 0 spiro atoms. The Morgan fingerprint density at radius 2 is 2.00 bits per heavy atom. The van der Waals surface area contributed by atoms with Gasteiger partial charge in [-0.15, -0.1) is 0 Å². The molecule has 0 aliphatic carbocycles. The highest BCUT2D eigenvalue weighted by atomic mass is 16.5. The molecule has 2 N–H and O–H groups in total. The molecule has 2 aliphatic heterocycles. The zero-order valence-corrected chi connectivity index (χ0v) is 19.4. The van der Waals surface area contributed by atoms with E-state index in [1.54, 1.807) is 6.92 Å². The number of rotatable bonds is 7. The lowest BCUT2D eigenvalue weighted by Crippen LogP contribution is -2.43. The highest BCUT2D eigenvalue weighted by molar-refractivity contribution is 6.09. The van der Waals surface area contributed by atoms with Gasteiger partial charge in [0, 0.05) is 24.1 Å². The molecule has 0 unspecified atom stereocenters. The average molecular weight is 452 g/mol. The number of amides is 4. The van der Waals surface area contributed by atoms with E-state index in [2.05, 4.69) is 10.6 Å². The van der Waals surface area contributed by atoms with Crippen molar-refractivity contribution in [2.24, 2.45) is 0 Å². The van der Waals surface area contributed by atoms with E-state index in [-0.39, 0.29) is 19.2 Å². The summed E-state index contributed by atoms with van der Waals surface area (Å²) in [7, 11) is 0. The first-order valence-electron chi connectivity index (χ1n) is 11.1. The maximum atomic E-state index is 13.1. The van der Waals surface area contributed by atoms with E-state index in [9.17, 15) is 14.4 Å². The molecule has 2 heterocycles. The van der Waals surface area contributed by atoms with E-state index in [1.807, 2.05) is 57.2 Å². The molecule has 4 amide bonds. The van der Waals surface area contributed by atoms with Crippen LogP contribution in [0, 0.1) is 6.92 Å². The summed E-state index contributed by atoms with van der Waals surface area (Å²) in [6, 6.07) is 10.6. The molecule has 0 bridgehead atoms. The van der Waals surface area contributed by atoms with Crippen LogP contribution in [0.25, 0.3) is 0 Å². The monoisotopic (exact) mass is 451 g/mol. The van der Waals surface area contributed by atoms with Crippen LogP contribution in [0.15, 0.2) is 36.4 Å². The number of nitrogens with zero attached hydrogens (tertiary/aromatic N) is 1. The van der Waals surface area contributed by atoms with E-state index < -0.39 is 23.4 Å². The standard InChI is InChI=1S/C25H29N3O5/c1-5-32-20-11-17-10-16(3)33-21(17)12-18(20)13-26-22(29)14-28-23(30)25(4,27-24(28)31)19-8-6-15(2)7-9-19/h6-9,11-12,16H,5,10,13-14H2,1-4H3,(H,26,29)(H,27,31)/t16-,25-/m0/s1. The summed E-state index contributed by atoms with van der Waals surface area (Å²) in [6.45, 7) is 7.82. The second-order valence-corrected chi connectivity index (χ2v) is 8.72. The van der Waals surface area contributed by atoms with Gasteiger partial charge in [0.2, 0.25) is 5.91 Å². The second-order valence-electron chi connectivity index (χ2n) is 8.72. The van der Waals surface area contributed by atoms with Gasteiger partial charge in [-0.2, -0.15) is 0 Å². The zero-order chi connectivity index (χ0) is 23.8. The Bertz CT molecular complexity index is 1100. The lowest BCUT2D eigenvalue weighted by Gasteiger charge is -2.22. The molecule has 33 heavy (non-hydrogen) atoms. The van der Waals surface area contributed by atoms with Crippen molar-refractivity contribution >= 4 is 17.8 Å². The highest BCUT2D eigenvalue weighted by Gasteiger charge is 2.49. The molecule has 8 nitrogen and oxygen atoms in total. The van der Waals surface area contributed by atoms with Crippen LogP contribution >= 0.6 is 0 Å². The molecule has 2 aliphatic rings. The zero-order valence-electron chi connectivity index (χ0n) is 19.4. The first-order chi connectivity index (χ1) is 15.7. The van der Waals surface area contributed by atoms with Crippen molar-refractivity contribution in [1.29, 1.82) is 0 Å². The molecule has 4 rings (SSSR count). The summed E-state index contributed by atoms with van der Waals surface area (Å²) in [4.78, 5) is 39.2. The lowest BCUT2D eigenvalue weighted by molar-refractivity contribution is -0.134. The number of hydrogen-bond acceptors (Lipinski definition) is 5. The number of aryl methyl sites for hydroxylation is 1. The number of imide groups is 1. The van der Waals surface area contributed by atoms with Crippen LogP contribution in [0.5, 0.6) is 11.5 Å². The van der Waals surface area contributed by atoms with E-state index in [4.69, 9.17) is 9.47 Å². The normalized spacial score (nSPS) is 21.5. The van der Waals surface area contributed by atoms with E-state index in [1.165, 1.54) is 0 Å². The summed E-state index contributed by atoms with van der Waals surface area (Å²) in [5.74, 6) is 0.583. The molecule has 0 saturated carbocycles. The molecular weight excluding hydrogens is 422 g/mol. The summed E-state index contributed by atoms with van der Waals surface area (Å²) in [5.41, 5.74) is 2.37. The predicted octanol–water partition coefficient (Wildman–Crippen LogP) is 2.80. The third-order valence-electron chi connectivity index (χ3n) is 6.06. The van der Waals surface area contributed by atoms with Crippen molar-refractivity contribution < 1.29 is 23.9 Å². The smallest absolute Gasteiger partial charge is 0.325 e.